The maximum Gasteiger partial charge on any atom is 0.349 e. The normalized spacial score (nSPS) is 11.7. The Morgan fingerprint density at radius 2 is 2.16 bits per heavy atom. The topological polar surface area (TPSA) is 86.5 Å². The molecule has 0 fully saturated rings. The summed E-state index contributed by atoms with van der Waals surface area (Å²) < 4.78 is 18.0. The lowest BCUT2D eigenvalue weighted by Gasteiger charge is -2.07. The van der Waals surface area contributed by atoms with Crippen molar-refractivity contribution in [3.63, 3.8) is 0 Å². The van der Waals surface area contributed by atoms with E-state index in [-0.39, 0.29) is 17.9 Å². The first-order valence-electron chi connectivity index (χ1n) is 5.56. The van der Waals surface area contributed by atoms with Crippen LogP contribution in [-0.4, -0.2) is 29.5 Å². The fraction of sp³-hybridized carbons (Fsp3) is 0.333. The van der Waals surface area contributed by atoms with Crippen LogP contribution in [0, 0.1) is 10.1 Å². The van der Waals surface area contributed by atoms with Crippen LogP contribution >= 0.6 is 0 Å². The third-order valence-electron chi connectivity index (χ3n) is 2.23. The third-order valence-corrected chi connectivity index (χ3v) is 2.23. The van der Waals surface area contributed by atoms with E-state index in [0.717, 1.165) is 6.07 Å². The number of esters is 1. The summed E-state index contributed by atoms with van der Waals surface area (Å²) in [7, 11) is 0. The molecule has 0 spiro atoms. The van der Waals surface area contributed by atoms with Crippen LogP contribution in [0.25, 0.3) is 0 Å². The summed E-state index contributed by atoms with van der Waals surface area (Å²) in [6, 6.07) is 4.53. The lowest BCUT2D eigenvalue weighted by atomic mass is 10.1. The van der Waals surface area contributed by atoms with Crippen LogP contribution in [0.15, 0.2) is 24.3 Å². The highest BCUT2D eigenvalue weighted by molar-refractivity contribution is 6.11. The van der Waals surface area contributed by atoms with Gasteiger partial charge in [0.15, 0.2) is 0 Å². The van der Waals surface area contributed by atoms with Crippen LogP contribution in [-0.2, 0) is 9.53 Å². The van der Waals surface area contributed by atoms with E-state index in [4.69, 9.17) is 0 Å². The van der Waals surface area contributed by atoms with Crippen LogP contribution in [0.5, 0.6) is 0 Å². The van der Waals surface area contributed by atoms with Crippen molar-refractivity contribution < 1.29 is 23.6 Å². The average Bonchev–Trinajstić information content (AvgIpc) is 2.43. The van der Waals surface area contributed by atoms with E-state index in [0.29, 0.717) is 6.42 Å². The predicted molar refractivity (Wildman–Crippen MR) is 63.6 cm³/mol. The summed E-state index contributed by atoms with van der Waals surface area (Å²) in [6.45, 7) is 1.74. The quantitative estimate of drug-likeness (QED) is 0.259. The number of hydrogen-bond donors (Lipinski definition) is 0. The van der Waals surface area contributed by atoms with Gasteiger partial charge in [-0.1, -0.05) is 19.1 Å². The highest BCUT2D eigenvalue weighted by Gasteiger charge is 2.29. The van der Waals surface area contributed by atoms with Crippen molar-refractivity contribution >= 4 is 17.4 Å². The monoisotopic (exact) mass is 269 g/mol. The maximum atomic E-state index is 13.5. The molecule has 102 valence electrons. The number of rotatable bonds is 6. The van der Waals surface area contributed by atoms with Gasteiger partial charge in [-0.05, 0) is 6.42 Å². The Bertz CT molecular complexity index is 503. The van der Waals surface area contributed by atoms with Crippen LogP contribution < -0.4 is 0 Å². The van der Waals surface area contributed by atoms with Crippen molar-refractivity contribution in [2.24, 2.45) is 0 Å². The standard InChI is InChI=1S/C12H12FNO5/c1-2-6-19-12(16)10(13)11(15)8-4-3-5-9(7-8)14(17)18/h3-5,7,10H,2,6H2,1H3. The van der Waals surface area contributed by atoms with Crippen LogP contribution in [0.2, 0.25) is 0 Å². The number of carbonyl (C=O) groups excluding carboxylic acids is 2. The second-order valence-corrected chi connectivity index (χ2v) is 3.70. The number of Topliss-reactive ketones (excluding diaryl/α,β-unsaturated/α-hetero) is 1. The summed E-state index contributed by atoms with van der Waals surface area (Å²) in [5.41, 5.74) is -0.588. The summed E-state index contributed by atoms with van der Waals surface area (Å²) >= 11 is 0. The highest BCUT2D eigenvalue weighted by Crippen LogP contribution is 2.16. The number of nitro groups is 1. The number of hydrogen-bond acceptors (Lipinski definition) is 5. The molecular weight excluding hydrogens is 257 g/mol. The van der Waals surface area contributed by atoms with E-state index >= 15 is 0 Å². The summed E-state index contributed by atoms with van der Waals surface area (Å²) in [5, 5.41) is 10.5. The molecule has 0 aliphatic rings. The van der Waals surface area contributed by atoms with E-state index in [1.165, 1.54) is 18.2 Å². The van der Waals surface area contributed by atoms with Gasteiger partial charge in [-0.25, -0.2) is 9.18 Å². The Kier molecular flexibility index (Phi) is 5.11. The molecule has 0 aliphatic carbocycles. The Hall–Kier alpha value is -2.31. The third kappa shape index (κ3) is 3.84. The van der Waals surface area contributed by atoms with Crippen molar-refractivity contribution in [1.29, 1.82) is 0 Å². The van der Waals surface area contributed by atoms with Gasteiger partial charge in [0, 0.05) is 17.7 Å². The number of halogens is 1. The minimum Gasteiger partial charge on any atom is -0.463 e. The van der Waals surface area contributed by atoms with Gasteiger partial charge in [0.25, 0.3) is 11.9 Å². The molecule has 1 unspecified atom stereocenters. The number of nitrogens with zero attached hydrogens (tertiary/aromatic N) is 1. The van der Waals surface area contributed by atoms with Crippen molar-refractivity contribution in [3.05, 3.63) is 39.9 Å². The fourth-order valence-corrected chi connectivity index (χ4v) is 1.30. The molecule has 0 amide bonds. The van der Waals surface area contributed by atoms with Gasteiger partial charge in [-0.3, -0.25) is 14.9 Å². The van der Waals surface area contributed by atoms with Crippen molar-refractivity contribution in [2.75, 3.05) is 6.61 Å². The van der Waals surface area contributed by atoms with Gasteiger partial charge < -0.3 is 4.74 Å². The molecule has 1 aromatic rings. The molecule has 7 heteroatoms. The Morgan fingerprint density at radius 1 is 1.47 bits per heavy atom. The number of ketones is 1. The Morgan fingerprint density at radius 3 is 2.74 bits per heavy atom. The second-order valence-electron chi connectivity index (χ2n) is 3.70. The molecular formula is C12H12FNO5. The van der Waals surface area contributed by atoms with Crippen molar-refractivity contribution in [3.8, 4) is 0 Å². The molecule has 1 aromatic carbocycles. The molecule has 0 N–H and O–H groups in total. The Balaban J connectivity index is 2.85. The lowest BCUT2D eigenvalue weighted by molar-refractivity contribution is -0.384. The first kappa shape index (κ1) is 14.7. The summed E-state index contributed by atoms with van der Waals surface area (Å²) in [4.78, 5) is 32.6. The molecule has 1 atom stereocenters. The molecule has 0 aromatic heterocycles. The SMILES string of the molecule is CCCOC(=O)C(F)C(=O)c1cccc([N+](=O)[O-])c1. The fourth-order valence-electron chi connectivity index (χ4n) is 1.30. The molecule has 19 heavy (non-hydrogen) atoms. The van der Waals surface area contributed by atoms with Gasteiger partial charge in [-0.2, -0.15) is 0 Å². The molecule has 6 nitrogen and oxygen atoms in total. The first-order valence-corrected chi connectivity index (χ1v) is 5.56. The van der Waals surface area contributed by atoms with Crippen LogP contribution in [0.3, 0.4) is 0 Å². The van der Waals surface area contributed by atoms with Gasteiger partial charge in [0.05, 0.1) is 11.5 Å². The molecule has 0 saturated carbocycles. The molecule has 0 aliphatic heterocycles. The number of nitro benzene ring substituents is 1. The van der Waals surface area contributed by atoms with E-state index in [1.807, 2.05) is 0 Å². The molecule has 1 rings (SSSR count). The van der Waals surface area contributed by atoms with Crippen LogP contribution in [0.4, 0.5) is 10.1 Å². The smallest absolute Gasteiger partial charge is 0.349 e. The van der Waals surface area contributed by atoms with Crippen LogP contribution in [0.1, 0.15) is 23.7 Å². The number of alkyl halides is 1. The molecule has 0 saturated heterocycles. The van der Waals surface area contributed by atoms with Gasteiger partial charge in [-0.15, -0.1) is 0 Å². The number of non-ortho nitro benzene ring substituents is 1. The van der Waals surface area contributed by atoms with Crippen molar-refractivity contribution in [1.82, 2.24) is 0 Å². The maximum absolute atomic E-state index is 13.5. The van der Waals surface area contributed by atoms with Gasteiger partial charge in [0.1, 0.15) is 0 Å². The summed E-state index contributed by atoms with van der Waals surface area (Å²) in [6.07, 6.45) is -1.96. The summed E-state index contributed by atoms with van der Waals surface area (Å²) in [5.74, 6) is -2.43. The average molecular weight is 269 g/mol. The zero-order valence-corrected chi connectivity index (χ0v) is 10.2. The van der Waals surface area contributed by atoms with E-state index in [1.54, 1.807) is 6.92 Å². The van der Waals surface area contributed by atoms with Gasteiger partial charge >= 0.3 is 5.97 Å². The second kappa shape index (κ2) is 6.58. The largest absolute Gasteiger partial charge is 0.463 e. The first-order chi connectivity index (χ1) is 8.97. The minimum atomic E-state index is -2.46. The minimum absolute atomic E-state index is 0.0153. The zero-order chi connectivity index (χ0) is 14.4. The zero-order valence-electron chi connectivity index (χ0n) is 10.2. The molecule has 0 radical (unpaired) electrons. The van der Waals surface area contributed by atoms with E-state index < -0.39 is 22.8 Å². The number of benzene rings is 1. The van der Waals surface area contributed by atoms with E-state index in [9.17, 15) is 24.1 Å². The highest BCUT2D eigenvalue weighted by atomic mass is 19.1. The molecule has 0 bridgehead atoms. The van der Waals surface area contributed by atoms with E-state index in [2.05, 4.69) is 4.74 Å². The van der Waals surface area contributed by atoms with Crippen molar-refractivity contribution in [2.45, 2.75) is 19.5 Å². The number of ether oxygens (including phenoxy) is 1. The number of carbonyl (C=O) groups is 2. The Labute approximate surface area is 108 Å². The predicted octanol–water partition coefficient (Wildman–Crippen LogP) is 2.07. The van der Waals surface area contributed by atoms with Gasteiger partial charge in [0.2, 0.25) is 5.78 Å². The lowest BCUT2D eigenvalue weighted by Crippen LogP contribution is -2.28. The molecule has 0 heterocycles.